The van der Waals surface area contributed by atoms with E-state index in [1.807, 2.05) is 23.7 Å². The number of hydrogen-bond donors (Lipinski definition) is 2. The number of guanidine groups is 1. The Bertz CT molecular complexity index is 743. The van der Waals surface area contributed by atoms with Crippen LogP contribution in [-0.2, 0) is 35.5 Å². The zero-order chi connectivity index (χ0) is 20.3. The second-order valence-corrected chi connectivity index (χ2v) is 6.98. The van der Waals surface area contributed by atoms with Gasteiger partial charge in [0.2, 0.25) is 0 Å². The number of furan rings is 1. The number of methoxy groups -OCH3 is 1. The van der Waals surface area contributed by atoms with Crippen LogP contribution in [0.1, 0.15) is 37.2 Å². The highest BCUT2D eigenvalue weighted by molar-refractivity contribution is 5.80. The molecule has 2 aromatic rings. The fourth-order valence-electron chi connectivity index (χ4n) is 3.28. The van der Waals surface area contributed by atoms with Gasteiger partial charge in [-0.1, -0.05) is 0 Å². The van der Waals surface area contributed by atoms with E-state index in [-0.39, 0.29) is 6.04 Å². The second kappa shape index (κ2) is 11.6. The van der Waals surface area contributed by atoms with Crippen molar-refractivity contribution < 1.29 is 13.9 Å². The highest BCUT2D eigenvalue weighted by Crippen LogP contribution is 2.13. The standard InChI is InChI=1S/C20H32N6O3/c1-3-28-12-5-10-21-20(22-11-9-17-6-4-13-29-17)23-16-7-8-19-24-18(15-27-2)25-26(19)14-16/h4,6,13,16H,3,5,7-12,14-15H2,1-2H3,(H2,21,22,23). The Balaban J connectivity index is 1.53. The number of ether oxygens (including phenoxy) is 2. The highest BCUT2D eigenvalue weighted by atomic mass is 16.5. The lowest BCUT2D eigenvalue weighted by Crippen LogP contribution is -2.47. The summed E-state index contributed by atoms with van der Waals surface area (Å²) in [7, 11) is 1.66. The molecule has 160 valence electrons. The van der Waals surface area contributed by atoms with Gasteiger partial charge in [0.15, 0.2) is 11.8 Å². The maximum absolute atomic E-state index is 5.41. The molecule has 0 aromatic carbocycles. The second-order valence-electron chi connectivity index (χ2n) is 6.98. The van der Waals surface area contributed by atoms with E-state index < -0.39 is 0 Å². The molecule has 1 unspecified atom stereocenters. The van der Waals surface area contributed by atoms with E-state index in [4.69, 9.17) is 18.9 Å². The predicted molar refractivity (Wildman–Crippen MR) is 110 cm³/mol. The van der Waals surface area contributed by atoms with Gasteiger partial charge < -0.3 is 24.5 Å². The fraction of sp³-hybridized carbons (Fsp3) is 0.650. The summed E-state index contributed by atoms with van der Waals surface area (Å²) in [5.74, 6) is 3.54. The largest absolute Gasteiger partial charge is 0.469 e. The maximum atomic E-state index is 5.41. The molecular formula is C20H32N6O3. The smallest absolute Gasteiger partial charge is 0.191 e. The summed E-state index contributed by atoms with van der Waals surface area (Å²) in [5.41, 5.74) is 0. The molecule has 29 heavy (non-hydrogen) atoms. The maximum Gasteiger partial charge on any atom is 0.191 e. The van der Waals surface area contributed by atoms with Gasteiger partial charge >= 0.3 is 0 Å². The van der Waals surface area contributed by atoms with E-state index in [1.165, 1.54) is 0 Å². The van der Waals surface area contributed by atoms with Crippen molar-refractivity contribution in [1.29, 1.82) is 0 Å². The van der Waals surface area contributed by atoms with Crippen LogP contribution < -0.4 is 10.6 Å². The van der Waals surface area contributed by atoms with Crippen LogP contribution in [0.4, 0.5) is 0 Å². The number of hydrogen-bond acceptors (Lipinski definition) is 6. The molecule has 0 aliphatic carbocycles. The van der Waals surface area contributed by atoms with Crippen LogP contribution in [0.3, 0.4) is 0 Å². The minimum atomic E-state index is 0.251. The first-order valence-corrected chi connectivity index (χ1v) is 10.3. The molecule has 0 saturated heterocycles. The van der Waals surface area contributed by atoms with Crippen molar-refractivity contribution in [2.45, 2.75) is 51.8 Å². The molecule has 9 nitrogen and oxygen atoms in total. The lowest BCUT2D eigenvalue weighted by molar-refractivity contribution is 0.146. The van der Waals surface area contributed by atoms with Crippen molar-refractivity contribution in [3.05, 3.63) is 35.8 Å². The molecule has 0 saturated carbocycles. The van der Waals surface area contributed by atoms with Crippen LogP contribution in [0.25, 0.3) is 0 Å². The number of aliphatic imine (C=N–C) groups is 1. The molecule has 0 spiro atoms. The number of nitrogens with zero attached hydrogens (tertiary/aromatic N) is 4. The topological polar surface area (TPSA) is 98.7 Å². The number of aromatic nitrogens is 3. The van der Waals surface area contributed by atoms with Gasteiger partial charge in [-0.25, -0.2) is 9.67 Å². The molecule has 0 fully saturated rings. The molecule has 2 N–H and O–H groups in total. The molecule has 1 aliphatic heterocycles. The molecule has 2 aromatic heterocycles. The molecule has 1 aliphatic rings. The third-order valence-corrected chi connectivity index (χ3v) is 4.68. The average molecular weight is 405 g/mol. The predicted octanol–water partition coefficient (Wildman–Crippen LogP) is 1.54. The summed E-state index contributed by atoms with van der Waals surface area (Å²) in [4.78, 5) is 9.26. The van der Waals surface area contributed by atoms with Crippen LogP contribution in [0.2, 0.25) is 0 Å². The average Bonchev–Trinajstić information content (AvgIpc) is 3.37. The minimum Gasteiger partial charge on any atom is -0.469 e. The quantitative estimate of drug-likeness (QED) is 0.333. The first-order valence-electron chi connectivity index (χ1n) is 10.3. The Morgan fingerprint density at radius 1 is 1.45 bits per heavy atom. The van der Waals surface area contributed by atoms with E-state index in [0.29, 0.717) is 6.61 Å². The van der Waals surface area contributed by atoms with Crippen LogP contribution in [0.5, 0.6) is 0 Å². The molecule has 0 radical (unpaired) electrons. The number of fused-ring (bicyclic) bond motifs is 1. The summed E-state index contributed by atoms with van der Waals surface area (Å²) < 4.78 is 17.9. The Hall–Kier alpha value is -2.39. The van der Waals surface area contributed by atoms with Gasteiger partial charge in [-0.15, -0.1) is 0 Å². The number of nitrogens with one attached hydrogen (secondary N) is 2. The normalized spacial score (nSPS) is 16.6. The third-order valence-electron chi connectivity index (χ3n) is 4.68. The number of aryl methyl sites for hydroxylation is 1. The summed E-state index contributed by atoms with van der Waals surface area (Å²) in [5, 5.41) is 11.5. The Morgan fingerprint density at radius 2 is 2.38 bits per heavy atom. The number of rotatable bonds is 11. The monoisotopic (exact) mass is 404 g/mol. The minimum absolute atomic E-state index is 0.251. The van der Waals surface area contributed by atoms with E-state index in [0.717, 1.165) is 81.9 Å². The van der Waals surface area contributed by atoms with Gasteiger partial charge in [-0.05, 0) is 31.9 Å². The van der Waals surface area contributed by atoms with Gasteiger partial charge in [0.1, 0.15) is 18.2 Å². The van der Waals surface area contributed by atoms with Crippen molar-refractivity contribution >= 4 is 5.96 Å². The van der Waals surface area contributed by atoms with Crippen molar-refractivity contribution in [3.8, 4) is 0 Å². The van der Waals surface area contributed by atoms with Gasteiger partial charge in [0, 0.05) is 52.3 Å². The molecule has 9 heteroatoms. The van der Waals surface area contributed by atoms with Gasteiger partial charge in [0.05, 0.1) is 12.8 Å². The molecule has 0 bridgehead atoms. The third kappa shape index (κ3) is 6.86. The Morgan fingerprint density at radius 3 is 3.17 bits per heavy atom. The molecular weight excluding hydrogens is 372 g/mol. The van der Waals surface area contributed by atoms with Crippen molar-refractivity contribution in [3.63, 3.8) is 0 Å². The van der Waals surface area contributed by atoms with E-state index in [2.05, 4.69) is 20.7 Å². The SMILES string of the molecule is CCOCCCN=C(NCCc1ccco1)NC1CCc2nc(COC)nn2C1. The molecule has 3 heterocycles. The van der Waals surface area contributed by atoms with Crippen molar-refractivity contribution in [1.82, 2.24) is 25.4 Å². The van der Waals surface area contributed by atoms with Crippen LogP contribution in [-0.4, -0.2) is 60.2 Å². The first-order chi connectivity index (χ1) is 14.3. The first kappa shape index (κ1) is 21.3. The van der Waals surface area contributed by atoms with Gasteiger partial charge in [-0.3, -0.25) is 4.99 Å². The Labute approximate surface area is 171 Å². The lowest BCUT2D eigenvalue weighted by atomic mass is 10.1. The van der Waals surface area contributed by atoms with Gasteiger partial charge in [0.25, 0.3) is 0 Å². The zero-order valence-electron chi connectivity index (χ0n) is 17.4. The molecule has 3 rings (SSSR count). The van der Waals surface area contributed by atoms with Crippen LogP contribution >= 0.6 is 0 Å². The van der Waals surface area contributed by atoms with Crippen molar-refractivity contribution in [2.75, 3.05) is 33.4 Å². The summed E-state index contributed by atoms with van der Waals surface area (Å²) in [6.07, 6.45) is 5.29. The molecule has 0 amide bonds. The Kier molecular flexibility index (Phi) is 8.51. The fourth-order valence-corrected chi connectivity index (χ4v) is 3.28. The van der Waals surface area contributed by atoms with Crippen molar-refractivity contribution in [2.24, 2.45) is 4.99 Å². The highest BCUT2D eigenvalue weighted by Gasteiger charge is 2.22. The summed E-state index contributed by atoms with van der Waals surface area (Å²) in [6.45, 7) is 6.16. The molecule has 1 atom stereocenters. The van der Waals surface area contributed by atoms with Gasteiger partial charge in [-0.2, -0.15) is 5.10 Å². The zero-order valence-corrected chi connectivity index (χ0v) is 17.4. The van der Waals surface area contributed by atoms with Crippen LogP contribution in [0.15, 0.2) is 27.8 Å². The lowest BCUT2D eigenvalue weighted by Gasteiger charge is -2.25. The van der Waals surface area contributed by atoms with E-state index >= 15 is 0 Å². The van der Waals surface area contributed by atoms with Crippen LogP contribution in [0, 0.1) is 0 Å². The summed E-state index contributed by atoms with van der Waals surface area (Å²) >= 11 is 0. The van der Waals surface area contributed by atoms with E-state index in [1.54, 1.807) is 13.4 Å². The van der Waals surface area contributed by atoms with E-state index in [9.17, 15) is 0 Å². The summed E-state index contributed by atoms with van der Waals surface area (Å²) in [6, 6.07) is 4.14.